The van der Waals surface area contributed by atoms with Gasteiger partial charge < -0.3 is 14.6 Å². The summed E-state index contributed by atoms with van der Waals surface area (Å²) in [5.41, 5.74) is 0.757. The number of hydrogen-bond acceptors (Lipinski definition) is 4. The van der Waals surface area contributed by atoms with E-state index in [1.54, 1.807) is 12.3 Å². The van der Waals surface area contributed by atoms with E-state index in [1.165, 1.54) is 25.7 Å². The Balaban J connectivity index is 1.62. The third kappa shape index (κ3) is 2.90. The second kappa shape index (κ2) is 5.47. The molecule has 0 aromatic carbocycles. The molecule has 2 aliphatic rings. The first-order chi connectivity index (χ1) is 9.30. The summed E-state index contributed by atoms with van der Waals surface area (Å²) in [4.78, 5) is 4.15. The molecule has 1 aromatic rings. The van der Waals surface area contributed by atoms with E-state index in [1.807, 2.05) is 6.07 Å². The SMILES string of the molecule is OCc1ccc(OC2CCOC3(CCCC3)C2)cn1. The normalized spacial score (nSPS) is 25.6. The van der Waals surface area contributed by atoms with E-state index >= 15 is 0 Å². The van der Waals surface area contributed by atoms with Crippen molar-refractivity contribution < 1.29 is 14.6 Å². The smallest absolute Gasteiger partial charge is 0.138 e. The lowest BCUT2D eigenvalue weighted by atomic mass is 9.90. The minimum atomic E-state index is -0.0271. The van der Waals surface area contributed by atoms with Crippen LogP contribution in [0.15, 0.2) is 18.3 Å². The van der Waals surface area contributed by atoms with Gasteiger partial charge in [0.15, 0.2) is 0 Å². The summed E-state index contributed by atoms with van der Waals surface area (Å²) in [5, 5.41) is 8.97. The highest BCUT2D eigenvalue weighted by molar-refractivity contribution is 5.20. The lowest BCUT2D eigenvalue weighted by Crippen LogP contribution is -2.41. The quantitative estimate of drug-likeness (QED) is 0.910. The molecule has 1 unspecified atom stereocenters. The molecule has 19 heavy (non-hydrogen) atoms. The Morgan fingerprint density at radius 1 is 1.37 bits per heavy atom. The average Bonchev–Trinajstić information content (AvgIpc) is 2.88. The van der Waals surface area contributed by atoms with Crippen LogP contribution in [0, 0.1) is 0 Å². The highest BCUT2D eigenvalue weighted by atomic mass is 16.5. The Morgan fingerprint density at radius 3 is 2.89 bits per heavy atom. The van der Waals surface area contributed by atoms with Gasteiger partial charge in [0.25, 0.3) is 0 Å². The number of aromatic nitrogens is 1. The number of hydrogen-bond donors (Lipinski definition) is 1. The first-order valence-corrected chi connectivity index (χ1v) is 7.16. The molecule has 104 valence electrons. The van der Waals surface area contributed by atoms with Gasteiger partial charge in [0.1, 0.15) is 11.9 Å². The van der Waals surface area contributed by atoms with Crippen molar-refractivity contribution in [2.45, 2.75) is 56.8 Å². The summed E-state index contributed by atoms with van der Waals surface area (Å²) < 4.78 is 12.0. The molecular formula is C15H21NO3. The van der Waals surface area contributed by atoms with Crippen LogP contribution in [0.25, 0.3) is 0 Å². The number of nitrogens with zero attached hydrogens (tertiary/aromatic N) is 1. The number of pyridine rings is 1. The molecule has 1 aliphatic carbocycles. The van der Waals surface area contributed by atoms with Crippen molar-refractivity contribution in [2.75, 3.05) is 6.61 Å². The van der Waals surface area contributed by atoms with Gasteiger partial charge in [-0.3, -0.25) is 4.98 Å². The molecule has 1 saturated heterocycles. The third-order valence-electron chi connectivity index (χ3n) is 4.22. The molecule has 2 fully saturated rings. The van der Waals surface area contributed by atoms with Gasteiger partial charge in [0, 0.05) is 12.8 Å². The molecule has 4 nitrogen and oxygen atoms in total. The van der Waals surface area contributed by atoms with Gasteiger partial charge in [0.05, 0.1) is 30.7 Å². The molecular weight excluding hydrogens is 242 g/mol. The van der Waals surface area contributed by atoms with Crippen LogP contribution in [0.2, 0.25) is 0 Å². The molecule has 0 bridgehead atoms. The highest BCUT2D eigenvalue weighted by Crippen LogP contribution is 2.40. The van der Waals surface area contributed by atoms with E-state index < -0.39 is 0 Å². The first kappa shape index (κ1) is 12.9. The van der Waals surface area contributed by atoms with Gasteiger partial charge >= 0.3 is 0 Å². The second-order valence-corrected chi connectivity index (χ2v) is 5.61. The van der Waals surface area contributed by atoms with Crippen LogP contribution in [0.1, 0.15) is 44.2 Å². The van der Waals surface area contributed by atoms with Crippen LogP contribution in [0.5, 0.6) is 5.75 Å². The number of aliphatic hydroxyl groups is 1. The maximum atomic E-state index is 8.97. The molecule has 1 saturated carbocycles. The summed E-state index contributed by atoms with van der Waals surface area (Å²) in [7, 11) is 0. The zero-order valence-corrected chi connectivity index (χ0v) is 11.2. The van der Waals surface area contributed by atoms with Crippen LogP contribution >= 0.6 is 0 Å². The van der Waals surface area contributed by atoms with Gasteiger partial charge in [-0.25, -0.2) is 0 Å². The summed E-state index contributed by atoms with van der Waals surface area (Å²) in [6.07, 6.45) is 8.77. The maximum absolute atomic E-state index is 8.97. The Hall–Kier alpha value is -1.13. The van der Waals surface area contributed by atoms with E-state index in [2.05, 4.69) is 4.98 Å². The van der Waals surface area contributed by atoms with Gasteiger partial charge in [-0.1, -0.05) is 12.8 Å². The van der Waals surface area contributed by atoms with Crippen LogP contribution in [-0.4, -0.2) is 28.4 Å². The molecule has 4 heteroatoms. The molecule has 2 heterocycles. The largest absolute Gasteiger partial charge is 0.489 e. The number of aliphatic hydroxyl groups excluding tert-OH is 1. The molecule has 3 rings (SSSR count). The van der Waals surface area contributed by atoms with Crippen molar-refractivity contribution in [3.63, 3.8) is 0 Å². The average molecular weight is 263 g/mol. The van der Waals surface area contributed by atoms with Crippen LogP contribution in [-0.2, 0) is 11.3 Å². The second-order valence-electron chi connectivity index (χ2n) is 5.61. The molecule has 1 aliphatic heterocycles. The van der Waals surface area contributed by atoms with Crippen LogP contribution in [0.4, 0.5) is 0 Å². The predicted molar refractivity (Wildman–Crippen MR) is 71.0 cm³/mol. The Bertz CT molecular complexity index is 412. The molecule has 0 amide bonds. The van der Waals surface area contributed by atoms with E-state index in [0.29, 0.717) is 5.69 Å². The van der Waals surface area contributed by atoms with Crippen LogP contribution < -0.4 is 4.74 Å². The van der Waals surface area contributed by atoms with Crippen molar-refractivity contribution in [1.82, 2.24) is 4.98 Å². The van der Waals surface area contributed by atoms with Crippen molar-refractivity contribution in [3.05, 3.63) is 24.0 Å². The lowest BCUT2D eigenvalue weighted by Gasteiger charge is -2.38. The lowest BCUT2D eigenvalue weighted by molar-refractivity contribution is -0.108. The summed E-state index contributed by atoms with van der Waals surface area (Å²) in [6.45, 7) is 0.771. The molecule has 1 atom stereocenters. The zero-order valence-electron chi connectivity index (χ0n) is 11.2. The first-order valence-electron chi connectivity index (χ1n) is 7.16. The van der Waals surface area contributed by atoms with Gasteiger partial charge in [0.2, 0.25) is 0 Å². The highest BCUT2D eigenvalue weighted by Gasteiger charge is 2.40. The Kier molecular flexibility index (Phi) is 3.71. The summed E-state index contributed by atoms with van der Waals surface area (Å²) in [6, 6.07) is 3.69. The minimum absolute atomic E-state index is 0.0271. The van der Waals surface area contributed by atoms with E-state index in [-0.39, 0.29) is 18.3 Å². The van der Waals surface area contributed by atoms with Crippen molar-refractivity contribution in [1.29, 1.82) is 0 Å². The molecule has 0 radical (unpaired) electrons. The minimum Gasteiger partial charge on any atom is -0.489 e. The fraction of sp³-hybridized carbons (Fsp3) is 0.667. The third-order valence-corrected chi connectivity index (χ3v) is 4.22. The predicted octanol–water partition coefficient (Wildman–Crippen LogP) is 2.44. The Morgan fingerprint density at radius 2 is 2.21 bits per heavy atom. The number of rotatable bonds is 3. The van der Waals surface area contributed by atoms with Crippen molar-refractivity contribution in [3.8, 4) is 5.75 Å². The van der Waals surface area contributed by atoms with Gasteiger partial charge in [-0.15, -0.1) is 0 Å². The van der Waals surface area contributed by atoms with Gasteiger partial charge in [-0.2, -0.15) is 0 Å². The summed E-state index contributed by atoms with van der Waals surface area (Å²) in [5.74, 6) is 0.789. The molecule has 1 aromatic heterocycles. The summed E-state index contributed by atoms with van der Waals surface area (Å²) >= 11 is 0. The van der Waals surface area contributed by atoms with Crippen molar-refractivity contribution >= 4 is 0 Å². The fourth-order valence-electron chi connectivity index (χ4n) is 3.22. The van der Waals surface area contributed by atoms with E-state index in [9.17, 15) is 0 Å². The topological polar surface area (TPSA) is 51.6 Å². The van der Waals surface area contributed by atoms with Crippen molar-refractivity contribution in [2.24, 2.45) is 0 Å². The van der Waals surface area contributed by atoms with E-state index in [4.69, 9.17) is 14.6 Å². The number of ether oxygens (including phenoxy) is 2. The van der Waals surface area contributed by atoms with Crippen LogP contribution in [0.3, 0.4) is 0 Å². The fourth-order valence-corrected chi connectivity index (χ4v) is 3.22. The maximum Gasteiger partial charge on any atom is 0.138 e. The molecule has 1 N–H and O–H groups in total. The molecule has 1 spiro atoms. The van der Waals surface area contributed by atoms with Gasteiger partial charge in [-0.05, 0) is 25.0 Å². The standard InChI is InChI=1S/C15H21NO3/c17-11-12-3-4-14(10-16-12)19-13-5-8-18-15(9-13)6-1-2-7-15/h3-4,10,13,17H,1-2,5-9,11H2. The zero-order chi connectivity index (χ0) is 13.1. The monoisotopic (exact) mass is 263 g/mol. The Labute approximate surface area is 113 Å². The van der Waals surface area contributed by atoms with E-state index in [0.717, 1.165) is 25.2 Å².